The van der Waals surface area contributed by atoms with Crippen molar-refractivity contribution in [1.29, 1.82) is 0 Å². The molecule has 0 aliphatic carbocycles. The summed E-state index contributed by atoms with van der Waals surface area (Å²) in [5.41, 5.74) is 11.1. The molecule has 53 heavy (non-hydrogen) atoms. The highest BCUT2D eigenvalue weighted by Crippen LogP contribution is 2.53. The minimum Gasteiger partial charge on any atom is -0.455 e. The van der Waals surface area contributed by atoms with Gasteiger partial charge in [-0.3, -0.25) is 0 Å². The smallest absolute Gasteiger partial charge is 0.139 e. The van der Waals surface area contributed by atoms with Crippen molar-refractivity contribution in [1.82, 2.24) is 0 Å². The van der Waals surface area contributed by atoms with E-state index in [2.05, 4.69) is 166 Å². The summed E-state index contributed by atoms with van der Waals surface area (Å²) in [4.78, 5) is 0. The fourth-order valence-corrected chi connectivity index (χ4v) is 12.7. The fraction of sp³-hybridized carbons (Fsp3) is 0.265. The molecule has 0 aromatic heterocycles. The van der Waals surface area contributed by atoms with Gasteiger partial charge in [0.25, 0.3) is 0 Å². The van der Waals surface area contributed by atoms with Crippen LogP contribution in [0.5, 0.6) is 11.5 Å². The molecule has 1 aliphatic rings. The van der Waals surface area contributed by atoms with Crippen LogP contribution in [0.3, 0.4) is 0 Å². The van der Waals surface area contributed by atoms with Crippen molar-refractivity contribution >= 4 is 47.7 Å². The molecule has 2 nitrogen and oxygen atoms in total. The highest BCUT2D eigenvalue weighted by Gasteiger charge is 2.40. The molecule has 4 heteroatoms. The number of ether oxygens (including phenoxy) is 1. The second kappa shape index (κ2) is 17.4. The molecule has 1 aliphatic heterocycles. The predicted octanol–water partition coefficient (Wildman–Crippen LogP) is 10.0. The maximum Gasteiger partial charge on any atom is 0.139 e. The first-order chi connectivity index (χ1) is 26.0. The summed E-state index contributed by atoms with van der Waals surface area (Å²) in [6, 6.07) is 54.4. The third-order valence-electron chi connectivity index (χ3n) is 10.6. The number of rotatable bonds is 15. The maximum atomic E-state index is 7.62. The van der Waals surface area contributed by atoms with E-state index in [1.54, 1.807) is 0 Å². The largest absolute Gasteiger partial charge is 0.455 e. The van der Waals surface area contributed by atoms with E-state index >= 15 is 0 Å². The van der Waals surface area contributed by atoms with Crippen LogP contribution < -0.4 is 42.3 Å². The normalized spacial score (nSPS) is 13.1. The average Bonchev–Trinajstić information content (AvgIpc) is 3.19. The topological polar surface area (TPSA) is 35.2 Å². The SMILES string of the molecule is CCCCCc1cc(P(c2ccccc2)c2ccccc2)c2c(c1)C(C)(C)c1cc(CCCCCN)cc(P(c3ccccc3)c3ccccc3)c1O2. The molecule has 2 N–H and O–H groups in total. The van der Waals surface area contributed by atoms with Gasteiger partial charge in [0.1, 0.15) is 11.5 Å². The summed E-state index contributed by atoms with van der Waals surface area (Å²) in [7, 11) is -1.78. The summed E-state index contributed by atoms with van der Waals surface area (Å²) >= 11 is 0. The van der Waals surface area contributed by atoms with Gasteiger partial charge in [-0.15, -0.1) is 0 Å². The molecule has 270 valence electrons. The van der Waals surface area contributed by atoms with E-state index < -0.39 is 15.8 Å². The second-order valence-corrected chi connectivity index (χ2v) is 19.2. The van der Waals surface area contributed by atoms with Gasteiger partial charge < -0.3 is 10.5 Å². The highest BCUT2D eigenvalue weighted by atomic mass is 31.1. The standard InChI is InChI=1S/C49H53NOP2/c1-4-5-11-22-37-33-43-47(45(35-37)52(39-24-13-6-14-25-39)40-26-15-7-16-27-40)51-48-44(49(43,2)3)34-38(23-12-10-21-32-50)36-46(48)53(41-28-17-8-18-29-41)42-30-19-9-20-31-42/h6-9,13-20,24-31,33-36H,4-5,10-12,21-23,32,50H2,1-3H3. The van der Waals surface area contributed by atoms with Gasteiger partial charge in [-0.05, 0) is 99.0 Å². The van der Waals surface area contributed by atoms with Crippen molar-refractivity contribution in [2.75, 3.05) is 6.54 Å². The van der Waals surface area contributed by atoms with E-state index in [4.69, 9.17) is 10.5 Å². The summed E-state index contributed by atoms with van der Waals surface area (Å²) in [5.74, 6) is 2.09. The van der Waals surface area contributed by atoms with Crippen molar-refractivity contribution in [3.8, 4) is 11.5 Å². The second-order valence-electron chi connectivity index (χ2n) is 14.8. The third kappa shape index (κ3) is 8.22. The Morgan fingerprint density at radius 2 is 0.868 bits per heavy atom. The van der Waals surface area contributed by atoms with Crippen LogP contribution in [0.25, 0.3) is 0 Å². The van der Waals surface area contributed by atoms with E-state index in [9.17, 15) is 0 Å². The molecule has 0 saturated carbocycles. The molecular formula is C49H53NOP2. The van der Waals surface area contributed by atoms with Crippen LogP contribution in [-0.2, 0) is 18.3 Å². The van der Waals surface area contributed by atoms with E-state index in [0.717, 1.165) is 50.1 Å². The third-order valence-corrected chi connectivity index (χ3v) is 15.5. The Bertz CT molecular complexity index is 2000. The molecule has 0 saturated heterocycles. The van der Waals surface area contributed by atoms with Gasteiger partial charge in [-0.25, -0.2) is 0 Å². The number of unbranched alkanes of at least 4 members (excludes halogenated alkanes) is 4. The Balaban J connectivity index is 1.48. The zero-order valence-corrected chi connectivity index (χ0v) is 33.4. The van der Waals surface area contributed by atoms with Crippen LogP contribution in [0.15, 0.2) is 146 Å². The van der Waals surface area contributed by atoms with Crippen LogP contribution in [-0.4, -0.2) is 6.54 Å². The van der Waals surface area contributed by atoms with E-state index in [0.29, 0.717) is 0 Å². The van der Waals surface area contributed by atoms with Crippen molar-refractivity contribution in [2.45, 2.75) is 77.6 Å². The Morgan fingerprint density at radius 1 is 0.491 bits per heavy atom. The molecule has 0 bridgehead atoms. The van der Waals surface area contributed by atoms with Gasteiger partial charge in [0, 0.05) is 27.2 Å². The van der Waals surface area contributed by atoms with Gasteiger partial charge >= 0.3 is 0 Å². The van der Waals surface area contributed by atoms with Crippen molar-refractivity contribution in [3.05, 3.63) is 168 Å². The first kappa shape index (κ1) is 37.3. The van der Waals surface area contributed by atoms with Gasteiger partial charge in [0.2, 0.25) is 0 Å². The van der Waals surface area contributed by atoms with E-state index in [1.165, 1.54) is 73.3 Å². The summed E-state index contributed by atoms with van der Waals surface area (Å²) in [6.45, 7) is 7.92. The zero-order valence-electron chi connectivity index (χ0n) is 31.6. The number of hydrogen-bond donors (Lipinski definition) is 1. The van der Waals surface area contributed by atoms with Crippen LogP contribution in [0.1, 0.15) is 81.5 Å². The Kier molecular flexibility index (Phi) is 12.2. The number of aryl methyl sites for hydroxylation is 2. The van der Waals surface area contributed by atoms with Gasteiger partial charge in [-0.1, -0.05) is 173 Å². The van der Waals surface area contributed by atoms with Crippen LogP contribution in [0.4, 0.5) is 0 Å². The summed E-state index contributed by atoms with van der Waals surface area (Å²) in [6.07, 6.45) is 9.09. The number of nitrogens with two attached hydrogens (primary N) is 1. The van der Waals surface area contributed by atoms with E-state index in [1.807, 2.05) is 0 Å². The first-order valence-electron chi connectivity index (χ1n) is 19.5. The van der Waals surface area contributed by atoms with Crippen molar-refractivity contribution in [3.63, 3.8) is 0 Å². The molecule has 0 spiro atoms. The van der Waals surface area contributed by atoms with Gasteiger partial charge in [0.05, 0.1) is 0 Å². The highest BCUT2D eigenvalue weighted by molar-refractivity contribution is 7.80. The molecule has 0 radical (unpaired) electrons. The van der Waals surface area contributed by atoms with Crippen LogP contribution >= 0.6 is 15.8 Å². The minimum atomic E-state index is -0.898. The van der Waals surface area contributed by atoms with Crippen LogP contribution in [0, 0.1) is 0 Å². The molecule has 6 aromatic carbocycles. The zero-order chi connectivity index (χ0) is 36.6. The van der Waals surface area contributed by atoms with Crippen molar-refractivity contribution < 1.29 is 4.74 Å². The Hall–Kier alpha value is -4.06. The number of hydrogen-bond acceptors (Lipinski definition) is 2. The predicted molar refractivity (Wildman–Crippen MR) is 232 cm³/mol. The Labute approximate surface area is 320 Å². The average molecular weight is 734 g/mol. The number of fused-ring (bicyclic) bond motifs is 2. The molecule has 0 amide bonds. The lowest BCUT2D eigenvalue weighted by molar-refractivity contribution is 0.424. The van der Waals surface area contributed by atoms with Crippen molar-refractivity contribution in [2.24, 2.45) is 5.73 Å². The molecule has 0 unspecified atom stereocenters. The molecule has 7 rings (SSSR count). The fourth-order valence-electron chi connectivity index (χ4n) is 7.75. The molecular weight excluding hydrogens is 680 g/mol. The molecule has 0 atom stereocenters. The summed E-state index contributed by atoms with van der Waals surface area (Å²) < 4.78 is 7.62. The minimum absolute atomic E-state index is 0.275. The lowest BCUT2D eigenvalue weighted by Gasteiger charge is -2.39. The monoisotopic (exact) mass is 733 g/mol. The maximum absolute atomic E-state index is 7.62. The van der Waals surface area contributed by atoms with Crippen LogP contribution in [0.2, 0.25) is 0 Å². The molecule has 1 heterocycles. The summed E-state index contributed by atoms with van der Waals surface area (Å²) in [5, 5.41) is 8.00. The van der Waals surface area contributed by atoms with Gasteiger partial charge in [0.15, 0.2) is 0 Å². The lowest BCUT2D eigenvalue weighted by atomic mass is 9.74. The Morgan fingerprint density at radius 3 is 1.23 bits per heavy atom. The van der Waals surface area contributed by atoms with Gasteiger partial charge in [-0.2, -0.15) is 0 Å². The molecule has 6 aromatic rings. The molecule has 0 fully saturated rings. The number of benzene rings is 6. The quantitative estimate of drug-likeness (QED) is 0.0843. The lowest BCUT2D eigenvalue weighted by Crippen LogP contribution is -2.33. The van der Waals surface area contributed by atoms with E-state index in [-0.39, 0.29) is 5.41 Å². The first-order valence-corrected chi connectivity index (χ1v) is 22.2.